The molecule has 1 amide bonds. The largest absolute Gasteiger partial charge is 0.451 e. The number of nitrogens with zero attached hydrogens (tertiary/aromatic N) is 2. The molecule has 0 saturated carbocycles. The maximum Gasteiger partial charge on any atom is 0.287 e. The number of hydrogen-bond acceptors (Lipinski definition) is 6. The van der Waals surface area contributed by atoms with Crippen molar-refractivity contribution in [1.29, 1.82) is 0 Å². The van der Waals surface area contributed by atoms with Crippen LogP contribution in [0, 0.1) is 6.92 Å². The minimum atomic E-state index is -0.0934. The van der Waals surface area contributed by atoms with Crippen molar-refractivity contribution >= 4 is 40.0 Å². The topological polar surface area (TPSA) is 58.4 Å². The van der Waals surface area contributed by atoms with Gasteiger partial charge < -0.3 is 14.6 Å². The molecule has 1 aromatic carbocycles. The van der Waals surface area contributed by atoms with E-state index in [2.05, 4.69) is 27.5 Å². The Morgan fingerprint density at radius 3 is 2.87 bits per heavy atom. The number of benzene rings is 1. The quantitative estimate of drug-likeness (QED) is 0.467. The Morgan fingerprint density at radius 2 is 2.13 bits per heavy atom. The van der Waals surface area contributed by atoms with Gasteiger partial charge in [-0.05, 0) is 38.8 Å². The predicted octanol–water partition coefficient (Wildman–Crippen LogP) is 5.48. The summed E-state index contributed by atoms with van der Waals surface area (Å²) in [6.45, 7) is 7.50. The third-order valence-electron chi connectivity index (χ3n) is 5.59. The lowest BCUT2D eigenvalue weighted by Gasteiger charge is -2.32. The van der Waals surface area contributed by atoms with E-state index in [1.54, 1.807) is 23.1 Å². The van der Waals surface area contributed by atoms with Crippen LogP contribution in [0.15, 0.2) is 38.4 Å². The first-order valence-electron chi connectivity index (χ1n) is 10.7. The van der Waals surface area contributed by atoms with Crippen LogP contribution in [0.5, 0.6) is 0 Å². The molecule has 0 bridgehead atoms. The zero-order valence-corrected chi connectivity index (χ0v) is 19.3. The molecule has 1 aliphatic rings. The lowest BCUT2D eigenvalue weighted by molar-refractivity contribution is 0.0884. The van der Waals surface area contributed by atoms with Gasteiger partial charge in [0.2, 0.25) is 0 Å². The number of thiazole rings is 1. The molecule has 4 rings (SSSR count). The van der Waals surface area contributed by atoms with Crippen molar-refractivity contribution < 1.29 is 9.21 Å². The number of likely N-dealkylation sites (tertiary alicyclic amines) is 1. The average molecular weight is 444 g/mol. The summed E-state index contributed by atoms with van der Waals surface area (Å²) in [7, 11) is 0. The van der Waals surface area contributed by atoms with E-state index < -0.39 is 0 Å². The molecule has 1 saturated heterocycles. The van der Waals surface area contributed by atoms with Gasteiger partial charge >= 0.3 is 0 Å². The van der Waals surface area contributed by atoms with Crippen molar-refractivity contribution in [3.8, 4) is 0 Å². The number of aryl methyl sites for hydroxylation is 1. The summed E-state index contributed by atoms with van der Waals surface area (Å²) in [5.74, 6) is 1.02. The molecule has 2 aromatic heterocycles. The summed E-state index contributed by atoms with van der Waals surface area (Å²) in [6.07, 6.45) is 4.47. The van der Waals surface area contributed by atoms with Gasteiger partial charge in [-0.1, -0.05) is 43.3 Å². The van der Waals surface area contributed by atoms with Crippen LogP contribution in [0.2, 0.25) is 0 Å². The summed E-state index contributed by atoms with van der Waals surface area (Å²) in [5, 5.41) is 6.30. The van der Waals surface area contributed by atoms with Gasteiger partial charge in [0.15, 0.2) is 5.76 Å². The van der Waals surface area contributed by atoms with Crippen molar-refractivity contribution in [2.75, 3.05) is 19.6 Å². The van der Waals surface area contributed by atoms with Gasteiger partial charge in [-0.25, -0.2) is 4.98 Å². The van der Waals surface area contributed by atoms with Crippen LogP contribution in [-0.4, -0.2) is 41.5 Å². The van der Waals surface area contributed by atoms with Crippen molar-refractivity contribution in [3.05, 3.63) is 46.7 Å². The minimum absolute atomic E-state index is 0.0934. The highest BCUT2D eigenvalue weighted by Gasteiger charge is 2.25. The zero-order chi connectivity index (χ0) is 20.9. The summed E-state index contributed by atoms with van der Waals surface area (Å²) in [4.78, 5) is 20.2. The Labute approximate surface area is 186 Å². The van der Waals surface area contributed by atoms with E-state index >= 15 is 0 Å². The predicted molar refractivity (Wildman–Crippen MR) is 124 cm³/mol. The van der Waals surface area contributed by atoms with Crippen LogP contribution in [0.1, 0.15) is 54.4 Å². The standard InChI is InChI=1S/C23H29N3O2S2/c1-3-4-11-26-12-9-17(10-13-26)25-22(27)21-19(15-30-23-24-16(2)14-29-23)18-7-5-6-8-20(18)28-21/h5-8,14,17H,3-4,9-13,15H2,1-2H3,(H,25,27). The van der Waals surface area contributed by atoms with E-state index in [4.69, 9.17) is 4.42 Å². The number of piperidine rings is 1. The fourth-order valence-corrected chi connectivity index (χ4v) is 5.77. The number of furan rings is 1. The summed E-state index contributed by atoms with van der Waals surface area (Å²) in [6, 6.07) is 8.12. The molecule has 1 N–H and O–H groups in total. The van der Waals surface area contributed by atoms with E-state index in [0.717, 1.165) is 52.5 Å². The Morgan fingerprint density at radius 1 is 1.33 bits per heavy atom. The number of nitrogens with one attached hydrogen (secondary N) is 1. The van der Waals surface area contributed by atoms with Gasteiger partial charge in [0.25, 0.3) is 5.91 Å². The Kier molecular flexibility index (Phi) is 7.12. The Balaban J connectivity index is 1.45. The first-order valence-corrected chi connectivity index (χ1v) is 12.6. The number of thioether (sulfide) groups is 1. The highest BCUT2D eigenvalue weighted by atomic mass is 32.2. The molecule has 0 radical (unpaired) electrons. The van der Waals surface area contributed by atoms with Gasteiger partial charge in [0.1, 0.15) is 9.92 Å². The molecule has 0 spiro atoms. The van der Waals surface area contributed by atoms with Crippen LogP contribution < -0.4 is 5.32 Å². The second-order valence-corrected chi connectivity index (χ2v) is 9.97. The van der Waals surface area contributed by atoms with E-state index in [-0.39, 0.29) is 11.9 Å². The number of para-hydroxylation sites is 1. The smallest absolute Gasteiger partial charge is 0.287 e. The lowest BCUT2D eigenvalue weighted by Crippen LogP contribution is -2.44. The number of rotatable bonds is 8. The average Bonchev–Trinajstić information content (AvgIpc) is 3.35. The monoisotopic (exact) mass is 443 g/mol. The van der Waals surface area contributed by atoms with E-state index in [1.165, 1.54) is 19.4 Å². The highest BCUT2D eigenvalue weighted by molar-refractivity contribution is 8.00. The number of amides is 1. The van der Waals surface area contributed by atoms with E-state index in [1.807, 2.05) is 31.2 Å². The molecule has 1 fully saturated rings. The molecule has 30 heavy (non-hydrogen) atoms. The normalized spacial score (nSPS) is 15.7. The van der Waals surface area contributed by atoms with Crippen molar-refractivity contribution in [2.24, 2.45) is 0 Å². The number of fused-ring (bicyclic) bond motifs is 1. The highest BCUT2D eigenvalue weighted by Crippen LogP contribution is 2.33. The third-order valence-corrected chi connectivity index (χ3v) is 7.76. The van der Waals surface area contributed by atoms with Crippen LogP contribution in [0.4, 0.5) is 0 Å². The van der Waals surface area contributed by atoms with Crippen LogP contribution in [0.25, 0.3) is 11.0 Å². The second kappa shape index (κ2) is 9.98. The van der Waals surface area contributed by atoms with Crippen LogP contribution in [-0.2, 0) is 5.75 Å². The number of carbonyl (C=O) groups is 1. The molecule has 0 atom stereocenters. The molecular weight excluding hydrogens is 414 g/mol. The first-order chi connectivity index (χ1) is 14.6. The molecule has 7 heteroatoms. The summed E-state index contributed by atoms with van der Waals surface area (Å²) < 4.78 is 7.03. The number of hydrogen-bond donors (Lipinski definition) is 1. The molecule has 3 heterocycles. The maximum atomic E-state index is 13.1. The SMILES string of the molecule is CCCCN1CCC(NC(=O)c2oc3ccccc3c2CSc2nc(C)cs2)CC1. The third kappa shape index (κ3) is 5.07. The molecule has 160 valence electrons. The number of carbonyl (C=O) groups excluding carboxylic acids is 1. The molecule has 0 aliphatic carbocycles. The summed E-state index contributed by atoms with van der Waals surface area (Å²) in [5.41, 5.74) is 2.76. The first kappa shape index (κ1) is 21.4. The molecular formula is C23H29N3O2S2. The van der Waals surface area contributed by atoms with E-state index in [0.29, 0.717) is 11.5 Å². The van der Waals surface area contributed by atoms with Crippen molar-refractivity contribution in [3.63, 3.8) is 0 Å². The van der Waals surface area contributed by atoms with E-state index in [9.17, 15) is 4.79 Å². The summed E-state index contributed by atoms with van der Waals surface area (Å²) >= 11 is 3.30. The van der Waals surface area contributed by atoms with Crippen molar-refractivity contribution in [1.82, 2.24) is 15.2 Å². The van der Waals surface area contributed by atoms with Gasteiger partial charge in [-0.15, -0.1) is 11.3 Å². The van der Waals surface area contributed by atoms with Gasteiger partial charge in [0.05, 0.1) is 0 Å². The van der Waals surface area contributed by atoms with Gasteiger partial charge in [0, 0.05) is 46.9 Å². The maximum absolute atomic E-state index is 13.1. The van der Waals surface area contributed by atoms with Crippen LogP contribution >= 0.6 is 23.1 Å². The number of unbranched alkanes of at least 4 members (excludes halogenated alkanes) is 1. The van der Waals surface area contributed by atoms with Crippen LogP contribution in [0.3, 0.4) is 0 Å². The Bertz CT molecular complexity index is 989. The second-order valence-electron chi connectivity index (χ2n) is 7.89. The molecule has 0 unspecified atom stereocenters. The van der Waals surface area contributed by atoms with Crippen molar-refractivity contribution in [2.45, 2.75) is 55.7 Å². The fourth-order valence-electron chi connectivity index (χ4n) is 3.89. The minimum Gasteiger partial charge on any atom is -0.451 e. The zero-order valence-electron chi connectivity index (χ0n) is 17.6. The fraction of sp³-hybridized carbons (Fsp3) is 0.478. The lowest BCUT2D eigenvalue weighted by atomic mass is 10.0. The Hall–Kier alpha value is -1.83. The number of aromatic nitrogens is 1. The molecule has 3 aromatic rings. The molecule has 1 aliphatic heterocycles. The van der Waals surface area contributed by atoms with Gasteiger partial charge in [-0.2, -0.15) is 0 Å². The molecule has 5 nitrogen and oxygen atoms in total. The van der Waals surface area contributed by atoms with Gasteiger partial charge in [-0.3, -0.25) is 4.79 Å².